The lowest BCUT2D eigenvalue weighted by Crippen LogP contribution is -2.54. The van der Waals surface area contributed by atoms with Gasteiger partial charge >= 0.3 is 0 Å². The van der Waals surface area contributed by atoms with Crippen LogP contribution in [0.2, 0.25) is 0 Å². The van der Waals surface area contributed by atoms with Crippen LogP contribution >= 0.6 is 15.9 Å². The highest BCUT2D eigenvalue weighted by atomic mass is 79.9. The predicted octanol–water partition coefficient (Wildman–Crippen LogP) is 4.93. The lowest BCUT2D eigenvalue weighted by molar-refractivity contribution is -0.140. The van der Waals surface area contributed by atoms with Gasteiger partial charge in [0.1, 0.15) is 24.1 Å². The Morgan fingerprint density at radius 3 is 2.28 bits per heavy atom. The molecule has 0 aliphatic heterocycles. The largest absolute Gasteiger partial charge is 0.497 e. The van der Waals surface area contributed by atoms with Crippen molar-refractivity contribution in [2.24, 2.45) is 0 Å². The van der Waals surface area contributed by atoms with Gasteiger partial charge in [0.15, 0.2) is 0 Å². The van der Waals surface area contributed by atoms with Gasteiger partial charge in [0.2, 0.25) is 21.8 Å². The second-order valence-corrected chi connectivity index (χ2v) is 13.5. The highest BCUT2D eigenvalue weighted by Crippen LogP contribution is 2.34. The molecule has 0 spiro atoms. The standard InChI is InChI=1S/C32H38BrN3O6S/c1-41-27-16-17-30(42-2)28(20-27)36(43(3,39)40)22-31(37)35(21-24-12-9-13-25(33)18-24)29(19-23-10-5-4-6-11-23)32(38)34-26-14-7-8-15-26/h4-6,9-13,16-18,20,26,29H,7-8,14-15,19,21-22H2,1-3H3,(H,34,38)/t29-/m1/s1. The van der Waals surface area contributed by atoms with Crippen LogP contribution in [0.5, 0.6) is 11.5 Å². The Balaban J connectivity index is 1.76. The number of carbonyl (C=O) groups excluding carboxylic acids is 2. The molecule has 230 valence electrons. The molecule has 0 unspecified atom stereocenters. The first-order chi connectivity index (χ1) is 20.6. The number of halogens is 1. The number of nitrogens with zero attached hydrogens (tertiary/aromatic N) is 2. The molecular formula is C32H38BrN3O6S. The van der Waals surface area contributed by atoms with Crippen molar-refractivity contribution in [1.82, 2.24) is 10.2 Å². The third-order valence-electron chi connectivity index (χ3n) is 7.55. The molecule has 1 N–H and O–H groups in total. The van der Waals surface area contributed by atoms with Crippen LogP contribution in [-0.4, -0.2) is 64.2 Å². The molecule has 0 heterocycles. The van der Waals surface area contributed by atoms with E-state index in [2.05, 4.69) is 21.2 Å². The second kappa shape index (κ2) is 14.7. The van der Waals surface area contributed by atoms with Gasteiger partial charge in [-0.2, -0.15) is 0 Å². The topological polar surface area (TPSA) is 105 Å². The molecule has 1 aliphatic rings. The van der Waals surface area contributed by atoms with Crippen LogP contribution in [-0.2, 0) is 32.6 Å². The van der Waals surface area contributed by atoms with Crippen LogP contribution in [0.4, 0.5) is 5.69 Å². The van der Waals surface area contributed by atoms with Crippen molar-refractivity contribution in [2.75, 3.05) is 31.3 Å². The first-order valence-corrected chi connectivity index (χ1v) is 16.8. The summed E-state index contributed by atoms with van der Waals surface area (Å²) in [4.78, 5) is 29.8. The van der Waals surface area contributed by atoms with Gasteiger partial charge in [0, 0.05) is 29.5 Å². The minimum atomic E-state index is -3.96. The van der Waals surface area contributed by atoms with Crippen molar-refractivity contribution in [1.29, 1.82) is 0 Å². The van der Waals surface area contributed by atoms with Crippen LogP contribution in [0.1, 0.15) is 36.8 Å². The quantitative estimate of drug-likeness (QED) is 0.276. The van der Waals surface area contributed by atoms with Gasteiger partial charge in [-0.1, -0.05) is 71.2 Å². The summed E-state index contributed by atoms with van der Waals surface area (Å²) >= 11 is 3.50. The fourth-order valence-corrected chi connectivity index (χ4v) is 6.63. The van der Waals surface area contributed by atoms with Gasteiger partial charge in [-0.3, -0.25) is 13.9 Å². The number of ether oxygens (including phenoxy) is 2. The molecular weight excluding hydrogens is 634 g/mol. The van der Waals surface area contributed by atoms with Crippen LogP contribution in [0.3, 0.4) is 0 Å². The minimum Gasteiger partial charge on any atom is -0.497 e. The molecule has 1 saturated carbocycles. The zero-order valence-electron chi connectivity index (χ0n) is 24.7. The number of methoxy groups -OCH3 is 2. The number of sulfonamides is 1. The van der Waals surface area contributed by atoms with E-state index in [1.54, 1.807) is 12.1 Å². The molecule has 4 rings (SSSR count). The van der Waals surface area contributed by atoms with Gasteiger partial charge < -0.3 is 19.7 Å². The highest BCUT2D eigenvalue weighted by molar-refractivity contribution is 9.10. The fraction of sp³-hybridized carbons (Fsp3) is 0.375. The van der Waals surface area contributed by atoms with Gasteiger partial charge in [0.25, 0.3) is 0 Å². The molecule has 0 saturated heterocycles. The molecule has 0 aromatic heterocycles. The van der Waals surface area contributed by atoms with E-state index in [-0.39, 0.29) is 36.4 Å². The van der Waals surface area contributed by atoms with Gasteiger partial charge in [0.05, 0.1) is 26.2 Å². The summed E-state index contributed by atoms with van der Waals surface area (Å²) < 4.78 is 38.9. The monoisotopic (exact) mass is 671 g/mol. The lowest BCUT2D eigenvalue weighted by Gasteiger charge is -2.34. The first-order valence-electron chi connectivity index (χ1n) is 14.2. The summed E-state index contributed by atoms with van der Waals surface area (Å²) in [6.07, 6.45) is 5.16. The van der Waals surface area contributed by atoms with E-state index >= 15 is 0 Å². The van der Waals surface area contributed by atoms with Crippen LogP contribution in [0.15, 0.2) is 77.3 Å². The maximum Gasteiger partial charge on any atom is 0.244 e. The molecule has 1 aliphatic carbocycles. The number of hydrogen-bond donors (Lipinski definition) is 1. The SMILES string of the molecule is COc1ccc(OC)c(N(CC(=O)N(Cc2cccc(Br)c2)[C@H](Cc2ccccc2)C(=O)NC2CCCC2)S(C)(=O)=O)c1. The van der Waals surface area contributed by atoms with Crippen molar-refractivity contribution in [3.8, 4) is 11.5 Å². The number of hydrogen-bond acceptors (Lipinski definition) is 6. The summed E-state index contributed by atoms with van der Waals surface area (Å²) in [5.74, 6) is -0.125. The Hall–Kier alpha value is -3.57. The van der Waals surface area contributed by atoms with E-state index in [0.717, 1.165) is 51.8 Å². The molecule has 2 amide bonds. The normalized spacial score (nSPS) is 14.1. The Morgan fingerprint density at radius 1 is 0.953 bits per heavy atom. The summed E-state index contributed by atoms with van der Waals surface area (Å²) in [6, 6.07) is 20.9. The predicted molar refractivity (Wildman–Crippen MR) is 171 cm³/mol. The molecule has 0 radical (unpaired) electrons. The summed E-state index contributed by atoms with van der Waals surface area (Å²) in [5, 5.41) is 3.17. The number of anilines is 1. The van der Waals surface area contributed by atoms with E-state index in [1.165, 1.54) is 25.2 Å². The summed E-state index contributed by atoms with van der Waals surface area (Å²) in [6.45, 7) is -0.445. The van der Waals surface area contributed by atoms with Crippen LogP contribution < -0.4 is 19.1 Å². The molecule has 0 bridgehead atoms. The molecule has 3 aromatic rings. The van der Waals surface area contributed by atoms with E-state index in [1.807, 2.05) is 54.6 Å². The van der Waals surface area contributed by atoms with E-state index in [0.29, 0.717) is 5.75 Å². The Bertz CT molecular complexity index is 1510. The van der Waals surface area contributed by atoms with Crippen molar-refractivity contribution in [3.63, 3.8) is 0 Å². The zero-order valence-corrected chi connectivity index (χ0v) is 27.1. The third kappa shape index (κ3) is 8.73. The zero-order chi connectivity index (χ0) is 31.0. The number of rotatable bonds is 13. The van der Waals surface area contributed by atoms with Crippen molar-refractivity contribution < 1.29 is 27.5 Å². The van der Waals surface area contributed by atoms with Gasteiger partial charge in [-0.05, 0) is 48.2 Å². The average Bonchev–Trinajstić information content (AvgIpc) is 3.50. The van der Waals surface area contributed by atoms with Crippen LogP contribution in [0.25, 0.3) is 0 Å². The maximum absolute atomic E-state index is 14.3. The van der Waals surface area contributed by atoms with Crippen molar-refractivity contribution >= 4 is 43.5 Å². The summed E-state index contributed by atoms with van der Waals surface area (Å²) in [7, 11) is -1.07. The fourth-order valence-electron chi connectivity index (χ4n) is 5.34. The number of amides is 2. The number of benzene rings is 3. The summed E-state index contributed by atoms with van der Waals surface area (Å²) in [5.41, 5.74) is 1.84. The van der Waals surface area contributed by atoms with Gasteiger partial charge in [-0.25, -0.2) is 8.42 Å². The van der Waals surface area contributed by atoms with E-state index < -0.39 is 28.5 Å². The maximum atomic E-state index is 14.3. The lowest BCUT2D eigenvalue weighted by atomic mass is 10.0. The Morgan fingerprint density at radius 2 is 1.65 bits per heavy atom. The Kier molecular flexibility index (Phi) is 11.1. The highest BCUT2D eigenvalue weighted by Gasteiger charge is 2.35. The molecule has 9 nitrogen and oxygen atoms in total. The smallest absolute Gasteiger partial charge is 0.244 e. The van der Waals surface area contributed by atoms with Crippen LogP contribution in [0, 0.1) is 0 Å². The third-order valence-corrected chi connectivity index (χ3v) is 9.17. The molecule has 3 aromatic carbocycles. The first kappa shape index (κ1) is 32.3. The molecule has 43 heavy (non-hydrogen) atoms. The molecule has 1 atom stereocenters. The van der Waals surface area contributed by atoms with E-state index in [9.17, 15) is 18.0 Å². The molecule has 1 fully saturated rings. The van der Waals surface area contributed by atoms with Crippen molar-refractivity contribution in [3.05, 3.63) is 88.4 Å². The Labute approximate surface area is 262 Å². The average molecular weight is 673 g/mol. The minimum absolute atomic E-state index is 0.0437. The molecule has 11 heteroatoms. The number of carbonyl (C=O) groups is 2. The van der Waals surface area contributed by atoms with E-state index in [4.69, 9.17) is 9.47 Å². The van der Waals surface area contributed by atoms with Gasteiger partial charge in [-0.15, -0.1) is 0 Å². The number of nitrogens with one attached hydrogen (secondary N) is 1. The second-order valence-electron chi connectivity index (χ2n) is 10.7. The van der Waals surface area contributed by atoms with Crippen molar-refractivity contribution in [2.45, 2.75) is 50.7 Å².